The van der Waals surface area contributed by atoms with Crippen molar-refractivity contribution in [2.24, 2.45) is 5.10 Å². The van der Waals surface area contributed by atoms with Crippen molar-refractivity contribution in [3.8, 4) is 0 Å². The van der Waals surface area contributed by atoms with E-state index in [9.17, 15) is 0 Å². The number of hydrazone groups is 1. The lowest BCUT2D eigenvalue weighted by Gasteiger charge is -2.12. The molecule has 0 saturated carbocycles. The third-order valence-corrected chi connectivity index (χ3v) is 3.25. The van der Waals surface area contributed by atoms with Gasteiger partial charge in [0.2, 0.25) is 0 Å². The monoisotopic (exact) mass is 206 g/mol. The largest absolute Gasteiger partial charge is 0.308 e. The van der Waals surface area contributed by atoms with Crippen LogP contribution >= 0.6 is 11.8 Å². The van der Waals surface area contributed by atoms with Crippen LogP contribution in [0.15, 0.2) is 29.4 Å². The van der Waals surface area contributed by atoms with Crippen molar-refractivity contribution in [2.75, 3.05) is 12.3 Å². The van der Waals surface area contributed by atoms with Crippen molar-refractivity contribution in [3.63, 3.8) is 0 Å². The SMILES string of the molecule is CCc1ccc(C2=NNCCS2)cc1. The van der Waals surface area contributed by atoms with E-state index in [-0.39, 0.29) is 0 Å². The van der Waals surface area contributed by atoms with Crippen LogP contribution in [0.4, 0.5) is 0 Å². The van der Waals surface area contributed by atoms with Crippen molar-refractivity contribution in [3.05, 3.63) is 35.4 Å². The van der Waals surface area contributed by atoms with Crippen LogP contribution in [0.25, 0.3) is 0 Å². The highest BCUT2D eigenvalue weighted by Crippen LogP contribution is 2.16. The summed E-state index contributed by atoms with van der Waals surface area (Å²) >= 11 is 1.82. The molecule has 3 heteroatoms. The summed E-state index contributed by atoms with van der Waals surface area (Å²) in [4.78, 5) is 0. The van der Waals surface area contributed by atoms with Crippen LogP contribution in [0.3, 0.4) is 0 Å². The van der Waals surface area contributed by atoms with Gasteiger partial charge in [-0.25, -0.2) is 0 Å². The Morgan fingerprint density at radius 3 is 2.71 bits per heavy atom. The lowest BCUT2D eigenvalue weighted by molar-refractivity contribution is 0.787. The Labute approximate surface area is 88.8 Å². The van der Waals surface area contributed by atoms with Gasteiger partial charge in [0, 0.05) is 17.9 Å². The lowest BCUT2D eigenvalue weighted by atomic mass is 10.1. The number of nitrogens with zero attached hydrogens (tertiary/aromatic N) is 1. The summed E-state index contributed by atoms with van der Waals surface area (Å²) in [7, 11) is 0. The van der Waals surface area contributed by atoms with Crippen LogP contribution in [0.1, 0.15) is 18.1 Å². The zero-order valence-electron chi connectivity index (χ0n) is 8.29. The molecule has 0 atom stereocenters. The van der Waals surface area contributed by atoms with Gasteiger partial charge in [-0.05, 0) is 12.0 Å². The first kappa shape index (κ1) is 9.59. The summed E-state index contributed by atoms with van der Waals surface area (Å²) in [6.45, 7) is 3.14. The summed E-state index contributed by atoms with van der Waals surface area (Å²) in [5.41, 5.74) is 5.63. The van der Waals surface area contributed by atoms with E-state index in [0.29, 0.717) is 0 Å². The van der Waals surface area contributed by atoms with E-state index < -0.39 is 0 Å². The molecule has 14 heavy (non-hydrogen) atoms. The van der Waals surface area contributed by atoms with E-state index in [1.807, 2.05) is 11.8 Å². The molecule has 0 aliphatic carbocycles. The minimum absolute atomic E-state index is 0.973. The molecule has 2 nitrogen and oxygen atoms in total. The van der Waals surface area contributed by atoms with E-state index in [4.69, 9.17) is 0 Å². The third-order valence-electron chi connectivity index (χ3n) is 2.24. The normalized spacial score (nSPS) is 15.9. The number of nitrogens with one attached hydrogen (secondary N) is 1. The maximum Gasteiger partial charge on any atom is 0.123 e. The molecule has 0 bridgehead atoms. The van der Waals surface area contributed by atoms with Crippen LogP contribution in [-0.2, 0) is 6.42 Å². The Morgan fingerprint density at radius 2 is 2.14 bits per heavy atom. The van der Waals surface area contributed by atoms with Gasteiger partial charge in [-0.1, -0.05) is 31.2 Å². The second-order valence-electron chi connectivity index (χ2n) is 3.22. The van der Waals surface area contributed by atoms with Crippen LogP contribution in [0.5, 0.6) is 0 Å². The first-order valence-electron chi connectivity index (χ1n) is 4.93. The number of hydrogen-bond donors (Lipinski definition) is 1. The molecular formula is C11H14N2S. The second-order valence-corrected chi connectivity index (χ2v) is 4.31. The highest BCUT2D eigenvalue weighted by Gasteiger charge is 2.07. The number of hydrogen-bond acceptors (Lipinski definition) is 3. The van der Waals surface area contributed by atoms with Crippen LogP contribution < -0.4 is 5.43 Å². The van der Waals surface area contributed by atoms with E-state index in [0.717, 1.165) is 23.8 Å². The van der Waals surface area contributed by atoms with Gasteiger partial charge in [0.25, 0.3) is 0 Å². The maximum absolute atomic E-state index is 4.28. The fourth-order valence-electron chi connectivity index (χ4n) is 1.38. The molecule has 1 aliphatic heterocycles. The Hall–Kier alpha value is -0.960. The standard InChI is InChI=1S/C11H14N2S/c1-2-9-3-5-10(6-4-9)11-13-12-7-8-14-11/h3-6,12H,2,7-8H2,1H3. The van der Waals surface area contributed by atoms with Crippen LogP contribution in [0.2, 0.25) is 0 Å². The van der Waals surface area contributed by atoms with Crippen molar-refractivity contribution >= 4 is 16.8 Å². The van der Waals surface area contributed by atoms with Gasteiger partial charge in [-0.2, -0.15) is 5.10 Å². The predicted octanol–water partition coefficient (Wildman–Crippen LogP) is 2.25. The lowest BCUT2D eigenvalue weighted by Crippen LogP contribution is -2.19. The van der Waals surface area contributed by atoms with Gasteiger partial charge >= 0.3 is 0 Å². The summed E-state index contributed by atoms with van der Waals surface area (Å²) in [6, 6.07) is 8.65. The molecule has 0 unspecified atom stereocenters. The molecule has 0 radical (unpaired) electrons. The number of rotatable bonds is 2. The first-order chi connectivity index (χ1) is 6.90. The highest BCUT2D eigenvalue weighted by molar-refractivity contribution is 8.14. The van der Waals surface area contributed by atoms with Gasteiger partial charge in [0.15, 0.2) is 0 Å². The van der Waals surface area contributed by atoms with E-state index in [1.165, 1.54) is 11.1 Å². The molecule has 1 heterocycles. The van der Waals surface area contributed by atoms with E-state index in [2.05, 4.69) is 41.7 Å². The molecule has 1 aromatic rings. The molecule has 0 spiro atoms. The van der Waals surface area contributed by atoms with Crippen molar-refractivity contribution in [2.45, 2.75) is 13.3 Å². The second kappa shape index (κ2) is 4.51. The summed E-state index contributed by atoms with van der Waals surface area (Å²) in [5, 5.41) is 5.39. The molecule has 2 rings (SSSR count). The molecule has 0 fully saturated rings. The Bertz CT molecular complexity index is 330. The zero-order chi connectivity index (χ0) is 9.80. The van der Waals surface area contributed by atoms with E-state index >= 15 is 0 Å². The molecule has 1 aromatic carbocycles. The smallest absolute Gasteiger partial charge is 0.123 e. The average Bonchev–Trinajstić information content (AvgIpc) is 2.30. The fraction of sp³-hybridized carbons (Fsp3) is 0.364. The number of thioether (sulfide) groups is 1. The molecular weight excluding hydrogens is 192 g/mol. The average molecular weight is 206 g/mol. The summed E-state index contributed by atoms with van der Waals surface area (Å²) < 4.78 is 0. The van der Waals surface area contributed by atoms with Gasteiger partial charge < -0.3 is 5.43 Å². The van der Waals surface area contributed by atoms with Crippen LogP contribution in [-0.4, -0.2) is 17.3 Å². The molecule has 0 aromatic heterocycles. The van der Waals surface area contributed by atoms with Gasteiger partial charge in [-0.15, -0.1) is 11.8 Å². The number of benzene rings is 1. The van der Waals surface area contributed by atoms with Crippen LogP contribution in [0, 0.1) is 0 Å². The fourth-order valence-corrected chi connectivity index (χ4v) is 2.20. The molecule has 1 N–H and O–H groups in total. The predicted molar refractivity (Wildman–Crippen MR) is 62.8 cm³/mol. The number of aryl methyl sites for hydroxylation is 1. The maximum atomic E-state index is 4.28. The van der Waals surface area contributed by atoms with Gasteiger partial charge in [0.1, 0.15) is 5.04 Å². The topological polar surface area (TPSA) is 24.4 Å². The van der Waals surface area contributed by atoms with Crippen molar-refractivity contribution in [1.29, 1.82) is 0 Å². The van der Waals surface area contributed by atoms with Gasteiger partial charge in [0.05, 0.1) is 0 Å². The van der Waals surface area contributed by atoms with Gasteiger partial charge in [-0.3, -0.25) is 0 Å². The minimum Gasteiger partial charge on any atom is -0.308 e. The Morgan fingerprint density at radius 1 is 1.36 bits per heavy atom. The first-order valence-corrected chi connectivity index (χ1v) is 5.91. The van der Waals surface area contributed by atoms with Crippen molar-refractivity contribution in [1.82, 2.24) is 5.43 Å². The minimum atomic E-state index is 0.973. The summed E-state index contributed by atoms with van der Waals surface area (Å²) in [5.74, 6) is 1.11. The van der Waals surface area contributed by atoms with Crippen molar-refractivity contribution < 1.29 is 0 Å². The highest BCUT2D eigenvalue weighted by atomic mass is 32.2. The molecule has 74 valence electrons. The third kappa shape index (κ3) is 2.10. The Kier molecular flexibility index (Phi) is 3.09. The molecule has 0 amide bonds. The molecule has 0 saturated heterocycles. The summed E-state index contributed by atoms with van der Waals surface area (Å²) in [6.07, 6.45) is 1.10. The quantitative estimate of drug-likeness (QED) is 0.802. The Balaban J connectivity index is 2.19. The zero-order valence-corrected chi connectivity index (χ0v) is 9.10. The van der Waals surface area contributed by atoms with E-state index in [1.54, 1.807) is 0 Å². The molecule has 1 aliphatic rings.